The number of hydrogen-bond donors (Lipinski definition) is 0. The Morgan fingerprint density at radius 2 is 1.88 bits per heavy atom. The molecule has 0 bridgehead atoms. The van der Waals surface area contributed by atoms with E-state index in [1.54, 1.807) is 0 Å². The van der Waals surface area contributed by atoms with Crippen LogP contribution >= 0.6 is 11.8 Å². The van der Waals surface area contributed by atoms with Crippen molar-refractivity contribution in [2.75, 3.05) is 24.6 Å². The Morgan fingerprint density at radius 1 is 1.18 bits per heavy atom. The number of amides is 1. The minimum absolute atomic E-state index is 0.334. The molecule has 0 aliphatic carbocycles. The van der Waals surface area contributed by atoms with Crippen LogP contribution in [0.25, 0.3) is 0 Å². The van der Waals surface area contributed by atoms with E-state index < -0.39 is 0 Å². The smallest absolute Gasteiger partial charge is 0.222 e. The number of aryl methyl sites for hydroxylation is 1. The van der Waals surface area contributed by atoms with Gasteiger partial charge >= 0.3 is 0 Å². The normalized spacial score (nSPS) is 15.9. The molecule has 1 heterocycles. The minimum atomic E-state index is 0.334. The van der Waals surface area contributed by atoms with Crippen LogP contribution in [0.15, 0.2) is 30.3 Å². The maximum Gasteiger partial charge on any atom is 0.222 e. The molecule has 1 fully saturated rings. The van der Waals surface area contributed by atoms with Gasteiger partial charge in [0.25, 0.3) is 0 Å². The van der Waals surface area contributed by atoms with Crippen LogP contribution in [-0.2, 0) is 11.2 Å². The summed E-state index contributed by atoms with van der Waals surface area (Å²) in [5.41, 5.74) is 1.33. The van der Waals surface area contributed by atoms with Gasteiger partial charge in [-0.25, -0.2) is 0 Å². The van der Waals surface area contributed by atoms with Crippen LogP contribution in [0.1, 0.15) is 18.4 Å². The van der Waals surface area contributed by atoms with Gasteiger partial charge in [-0.15, -0.1) is 0 Å². The zero-order valence-electron chi connectivity index (χ0n) is 10.1. The van der Waals surface area contributed by atoms with Crippen LogP contribution in [-0.4, -0.2) is 35.4 Å². The quantitative estimate of drug-likeness (QED) is 0.817. The first-order valence-electron chi connectivity index (χ1n) is 6.26. The summed E-state index contributed by atoms with van der Waals surface area (Å²) in [4.78, 5) is 13.9. The zero-order valence-corrected chi connectivity index (χ0v) is 10.9. The molecular weight excluding hydrogens is 230 g/mol. The monoisotopic (exact) mass is 249 g/mol. The third-order valence-corrected chi connectivity index (χ3v) is 4.01. The maximum atomic E-state index is 11.9. The van der Waals surface area contributed by atoms with Crippen molar-refractivity contribution < 1.29 is 4.79 Å². The summed E-state index contributed by atoms with van der Waals surface area (Å²) < 4.78 is 0. The summed E-state index contributed by atoms with van der Waals surface area (Å²) in [5.74, 6) is 2.54. The molecule has 17 heavy (non-hydrogen) atoms. The maximum absolute atomic E-state index is 11.9. The Kier molecular flexibility index (Phi) is 4.92. The van der Waals surface area contributed by atoms with Crippen molar-refractivity contribution in [1.82, 2.24) is 4.90 Å². The lowest BCUT2D eigenvalue weighted by Crippen LogP contribution is -2.37. The molecule has 0 spiro atoms. The first-order valence-corrected chi connectivity index (χ1v) is 7.41. The molecule has 1 aromatic carbocycles. The molecule has 1 aromatic rings. The fraction of sp³-hybridized carbons (Fsp3) is 0.500. The zero-order chi connectivity index (χ0) is 11.9. The van der Waals surface area contributed by atoms with Crippen molar-refractivity contribution in [2.24, 2.45) is 0 Å². The summed E-state index contributed by atoms with van der Waals surface area (Å²) in [7, 11) is 0. The predicted molar refractivity (Wildman–Crippen MR) is 73.3 cm³/mol. The van der Waals surface area contributed by atoms with E-state index in [2.05, 4.69) is 24.3 Å². The van der Waals surface area contributed by atoms with Gasteiger partial charge in [0.1, 0.15) is 0 Å². The van der Waals surface area contributed by atoms with E-state index in [1.807, 2.05) is 22.7 Å². The molecule has 0 saturated carbocycles. The van der Waals surface area contributed by atoms with E-state index >= 15 is 0 Å². The molecule has 2 nitrogen and oxygen atoms in total. The van der Waals surface area contributed by atoms with Gasteiger partial charge in [-0.05, 0) is 18.4 Å². The topological polar surface area (TPSA) is 20.3 Å². The Hall–Kier alpha value is -0.960. The fourth-order valence-corrected chi connectivity index (χ4v) is 2.96. The summed E-state index contributed by atoms with van der Waals surface area (Å²) in [6.45, 7) is 1.88. The number of nitrogens with zero attached hydrogens (tertiary/aromatic N) is 1. The van der Waals surface area contributed by atoms with Crippen LogP contribution in [0.5, 0.6) is 0 Å². The largest absolute Gasteiger partial charge is 0.341 e. The number of thioether (sulfide) groups is 1. The van der Waals surface area contributed by atoms with Crippen molar-refractivity contribution in [1.29, 1.82) is 0 Å². The molecule has 1 aliphatic heterocycles. The van der Waals surface area contributed by atoms with E-state index in [0.29, 0.717) is 12.3 Å². The molecule has 1 aliphatic rings. The third kappa shape index (κ3) is 4.08. The first kappa shape index (κ1) is 12.5. The van der Waals surface area contributed by atoms with E-state index in [0.717, 1.165) is 37.4 Å². The average molecular weight is 249 g/mol. The Labute approximate surface area is 107 Å². The van der Waals surface area contributed by atoms with Gasteiger partial charge in [-0.1, -0.05) is 30.3 Å². The highest BCUT2D eigenvalue weighted by molar-refractivity contribution is 7.99. The SMILES string of the molecule is O=C(CCCc1ccccc1)N1CCSCC1. The van der Waals surface area contributed by atoms with Crippen LogP contribution < -0.4 is 0 Å². The van der Waals surface area contributed by atoms with Crippen molar-refractivity contribution >= 4 is 17.7 Å². The highest BCUT2D eigenvalue weighted by atomic mass is 32.2. The Bertz CT molecular complexity index is 346. The molecule has 0 N–H and O–H groups in total. The fourth-order valence-electron chi connectivity index (χ4n) is 2.06. The number of carbonyl (C=O) groups is 1. The van der Waals surface area contributed by atoms with Crippen LogP contribution in [0.4, 0.5) is 0 Å². The molecule has 1 amide bonds. The van der Waals surface area contributed by atoms with Crippen molar-refractivity contribution in [3.63, 3.8) is 0 Å². The lowest BCUT2D eigenvalue weighted by atomic mass is 10.1. The predicted octanol–water partition coefficient (Wildman–Crippen LogP) is 2.58. The molecular formula is C14H19NOS. The minimum Gasteiger partial charge on any atom is -0.341 e. The average Bonchev–Trinajstić information content (AvgIpc) is 2.41. The Balaban J connectivity index is 1.69. The van der Waals surface area contributed by atoms with Gasteiger partial charge in [0, 0.05) is 31.0 Å². The molecule has 0 radical (unpaired) electrons. The van der Waals surface area contributed by atoms with E-state index in [1.165, 1.54) is 5.56 Å². The second-order valence-corrected chi connectivity index (χ2v) is 5.56. The second-order valence-electron chi connectivity index (χ2n) is 4.33. The van der Waals surface area contributed by atoms with E-state index in [9.17, 15) is 4.79 Å². The van der Waals surface area contributed by atoms with Crippen LogP contribution in [0.2, 0.25) is 0 Å². The standard InChI is InChI=1S/C14H19NOS/c16-14(15-9-11-17-12-10-15)8-4-7-13-5-2-1-3-6-13/h1-3,5-6H,4,7-12H2. The van der Waals surface area contributed by atoms with Crippen molar-refractivity contribution in [2.45, 2.75) is 19.3 Å². The number of benzene rings is 1. The Morgan fingerprint density at radius 3 is 2.59 bits per heavy atom. The van der Waals surface area contributed by atoms with E-state index in [4.69, 9.17) is 0 Å². The van der Waals surface area contributed by atoms with E-state index in [-0.39, 0.29) is 0 Å². The molecule has 1 saturated heterocycles. The molecule has 0 unspecified atom stereocenters. The highest BCUT2D eigenvalue weighted by Crippen LogP contribution is 2.12. The van der Waals surface area contributed by atoms with Gasteiger partial charge < -0.3 is 4.90 Å². The van der Waals surface area contributed by atoms with Crippen LogP contribution in [0, 0.1) is 0 Å². The van der Waals surface area contributed by atoms with Gasteiger partial charge in [0.15, 0.2) is 0 Å². The van der Waals surface area contributed by atoms with Gasteiger partial charge in [0.2, 0.25) is 5.91 Å². The molecule has 92 valence electrons. The van der Waals surface area contributed by atoms with Crippen molar-refractivity contribution in [3.8, 4) is 0 Å². The number of hydrogen-bond acceptors (Lipinski definition) is 2. The van der Waals surface area contributed by atoms with Gasteiger partial charge in [-0.2, -0.15) is 11.8 Å². The first-order chi connectivity index (χ1) is 8.36. The molecule has 2 rings (SSSR count). The number of carbonyl (C=O) groups excluding carboxylic acids is 1. The second kappa shape index (κ2) is 6.70. The molecule has 3 heteroatoms. The molecule has 0 aromatic heterocycles. The van der Waals surface area contributed by atoms with Crippen molar-refractivity contribution in [3.05, 3.63) is 35.9 Å². The summed E-state index contributed by atoms with van der Waals surface area (Å²) in [6, 6.07) is 10.4. The van der Waals surface area contributed by atoms with Gasteiger partial charge in [-0.3, -0.25) is 4.79 Å². The summed E-state index contributed by atoms with van der Waals surface area (Å²) in [6.07, 6.45) is 2.67. The lowest BCUT2D eigenvalue weighted by Gasteiger charge is -2.26. The highest BCUT2D eigenvalue weighted by Gasteiger charge is 2.15. The van der Waals surface area contributed by atoms with Crippen LogP contribution in [0.3, 0.4) is 0 Å². The van der Waals surface area contributed by atoms with Gasteiger partial charge in [0.05, 0.1) is 0 Å². The summed E-state index contributed by atoms with van der Waals surface area (Å²) in [5, 5.41) is 0. The third-order valence-electron chi connectivity index (χ3n) is 3.06. The number of rotatable bonds is 4. The molecule has 0 atom stereocenters. The summed E-state index contributed by atoms with van der Waals surface area (Å²) >= 11 is 1.94. The lowest BCUT2D eigenvalue weighted by molar-refractivity contribution is -0.130.